The number of carbonyl (C=O) groups is 1. The van der Waals surface area contributed by atoms with Gasteiger partial charge < -0.3 is 9.47 Å². The Hall–Kier alpha value is -0.570. The maximum atomic E-state index is 11.1. The summed E-state index contributed by atoms with van der Waals surface area (Å²) in [6.45, 7) is 2.69. The van der Waals surface area contributed by atoms with E-state index in [0.29, 0.717) is 12.7 Å². The molecule has 1 fully saturated rings. The summed E-state index contributed by atoms with van der Waals surface area (Å²) in [7, 11) is 1.43. The summed E-state index contributed by atoms with van der Waals surface area (Å²) in [5.74, 6) is -0.159. The zero-order valence-corrected chi connectivity index (χ0v) is 8.41. The predicted octanol–water partition coefficient (Wildman–Crippen LogP) is 1.75. The van der Waals surface area contributed by atoms with Gasteiger partial charge in [0.2, 0.25) is 0 Å². The molecule has 1 saturated heterocycles. The number of esters is 1. The van der Waals surface area contributed by atoms with Gasteiger partial charge in [-0.2, -0.15) is 0 Å². The van der Waals surface area contributed by atoms with E-state index in [0.717, 1.165) is 25.7 Å². The van der Waals surface area contributed by atoms with Gasteiger partial charge in [0.25, 0.3) is 0 Å². The van der Waals surface area contributed by atoms with Crippen LogP contribution >= 0.6 is 0 Å². The van der Waals surface area contributed by atoms with Crippen LogP contribution in [0.5, 0.6) is 0 Å². The Morgan fingerprint density at radius 1 is 1.54 bits per heavy atom. The molecule has 0 aromatic rings. The third-order valence-corrected chi connectivity index (χ3v) is 2.52. The molecule has 1 rings (SSSR count). The number of hydrogen-bond acceptors (Lipinski definition) is 3. The van der Waals surface area contributed by atoms with E-state index in [1.54, 1.807) is 0 Å². The van der Waals surface area contributed by atoms with Gasteiger partial charge in [-0.05, 0) is 19.3 Å². The summed E-state index contributed by atoms with van der Waals surface area (Å²) >= 11 is 0. The van der Waals surface area contributed by atoms with Crippen LogP contribution in [0, 0.1) is 5.92 Å². The van der Waals surface area contributed by atoms with Gasteiger partial charge in [-0.15, -0.1) is 0 Å². The van der Waals surface area contributed by atoms with Gasteiger partial charge >= 0.3 is 5.97 Å². The third kappa shape index (κ3) is 2.99. The summed E-state index contributed by atoms with van der Waals surface area (Å²) in [6, 6.07) is 0. The van der Waals surface area contributed by atoms with Crippen molar-refractivity contribution >= 4 is 5.97 Å². The third-order valence-electron chi connectivity index (χ3n) is 2.52. The van der Waals surface area contributed by atoms with E-state index in [1.807, 2.05) is 0 Å². The first kappa shape index (κ1) is 10.5. The second-order valence-electron chi connectivity index (χ2n) is 3.54. The minimum absolute atomic E-state index is 0.0295. The topological polar surface area (TPSA) is 35.5 Å². The van der Waals surface area contributed by atoms with Crippen molar-refractivity contribution < 1.29 is 14.3 Å². The van der Waals surface area contributed by atoms with E-state index in [4.69, 9.17) is 4.74 Å². The highest BCUT2D eigenvalue weighted by atomic mass is 16.5. The molecule has 0 saturated carbocycles. The van der Waals surface area contributed by atoms with Crippen LogP contribution in [0.1, 0.15) is 32.6 Å². The zero-order chi connectivity index (χ0) is 9.68. The zero-order valence-electron chi connectivity index (χ0n) is 8.41. The molecule has 0 aliphatic carbocycles. The van der Waals surface area contributed by atoms with Gasteiger partial charge in [0.15, 0.2) is 0 Å². The van der Waals surface area contributed by atoms with Gasteiger partial charge in [0.05, 0.1) is 25.7 Å². The van der Waals surface area contributed by atoms with Gasteiger partial charge in [-0.1, -0.05) is 13.3 Å². The fourth-order valence-corrected chi connectivity index (χ4v) is 1.71. The van der Waals surface area contributed by atoms with Crippen LogP contribution in [-0.4, -0.2) is 25.8 Å². The number of carbonyl (C=O) groups excluding carboxylic acids is 1. The highest BCUT2D eigenvalue weighted by Crippen LogP contribution is 2.22. The maximum absolute atomic E-state index is 11.1. The molecule has 3 heteroatoms. The molecule has 3 nitrogen and oxygen atoms in total. The number of rotatable bonds is 3. The SMILES string of the molecule is CCCC1CCC(C(=O)OC)CO1. The van der Waals surface area contributed by atoms with Crippen molar-refractivity contribution in [2.45, 2.75) is 38.7 Å². The molecule has 2 atom stereocenters. The van der Waals surface area contributed by atoms with Gasteiger partial charge in [0.1, 0.15) is 0 Å². The smallest absolute Gasteiger partial charge is 0.311 e. The van der Waals surface area contributed by atoms with Crippen LogP contribution in [0.25, 0.3) is 0 Å². The van der Waals surface area contributed by atoms with Crippen LogP contribution in [-0.2, 0) is 14.3 Å². The van der Waals surface area contributed by atoms with Crippen LogP contribution in [0.2, 0.25) is 0 Å². The van der Waals surface area contributed by atoms with Crippen molar-refractivity contribution in [1.82, 2.24) is 0 Å². The highest BCUT2D eigenvalue weighted by molar-refractivity contribution is 5.72. The van der Waals surface area contributed by atoms with Crippen molar-refractivity contribution in [3.8, 4) is 0 Å². The van der Waals surface area contributed by atoms with Gasteiger partial charge in [0, 0.05) is 0 Å². The minimum atomic E-state index is -0.130. The molecule has 1 aliphatic rings. The molecule has 0 spiro atoms. The predicted molar refractivity (Wildman–Crippen MR) is 49.4 cm³/mol. The first-order chi connectivity index (χ1) is 6.27. The average Bonchev–Trinajstić information content (AvgIpc) is 2.18. The quantitative estimate of drug-likeness (QED) is 0.630. The van der Waals surface area contributed by atoms with Crippen LogP contribution in [0.4, 0.5) is 0 Å². The minimum Gasteiger partial charge on any atom is -0.469 e. The Bertz CT molecular complexity index is 160. The Kier molecular flexibility index (Phi) is 4.22. The van der Waals surface area contributed by atoms with Crippen molar-refractivity contribution in [2.24, 2.45) is 5.92 Å². The van der Waals surface area contributed by atoms with E-state index in [9.17, 15) is 4.79 Å². The average molecular weight is 186 g/mol. The summed E-state index contributed by atoms with van der Waals surface area (Å²) in [6.07, 6.45) is 4.53. The molecule has 0 N–H and O–H groups in total. The van der Waals surface area contributed by atoms with Crippen LogP contribution in [0.3, 0.4) is 0 Å². The lowest BCUT2D eigenvalue weighted by atomic mass is 9.96. The molecule has 2 unspecified atom stereocenters. The summed E-state index contributed by atoms with van der Waals surface area (Å²) in [5.41, 5.74) is 0. The monoisotopic (exact) mass is 186 g/mol. The van der Waals surface area contributed by atoms with E-state index < -0.39 is 0 Å². The van der Waals surface area contributed by atoms with E-state index in [-0.39, 0.29) is 11.9 Å². The van der Waals surface area contributed by atoms with Crippen molar-refractivity contribution in [1.29, 1.82) is 0 Å². The van der Waals surface area contributed by atoms with Crippen LogP contribution in [0.15, 0.2) is 0 Å². The first-order valence-corrected chi connectivity index (χ1v) is 4.97. The maximum Gasteiger partial charge on any atom is 0.311 e. The molecule has 0 amide bonds. The fourth-order valence-electron chi connectivity index (χ4n) is 1.71. The number of methoxy groups -OCH3 is 1. The Labute approximate surface area is 79.4 Å². The molecule has 76 valence electrons. The van der Waals surface area contributed by atoms with E-state index >= 15 is 0 Å². The number of ether oxygens (including phenoxy) is 2. The summed E-state index contributed by atoms with van der Waals surface area (Å²) in [4.78, 5) is 11.1. The molecule has 0 radical (unpaired) electrons. The molecule has 13 heavy (non-hydrogen) atoms. The van der Waals surface area contributed by atoms with Gasteiger partial charge in [-0.3, -0.25) is 4.79 Å². The largest absolute Gasteiger partial charge is 0.469 e. The van der Waals surface area contributed by atoms with Crippen molar-refractivity contribution in [2.75, 3.05) is 13.7 Å². The lowest BCUT2D eigenvalue weighted by Crippen LogP contribution is -2.31. The molecule has 0 aromatic carbocycles. The Balaban J connectivity index is 2.26. The molecule has 1 heterocycles. The lowest BCUT2D eigenvalue weighted by Gasteiger charge is -2.27. The van der Waals surface area contributed by atoms with Crippen molar-refractivity contribution in [3.05, 3.63) is 0 Å². The van der Waals surface area contributed by atoms with Crippen molar-refractivity contribution in [3.63, 3.8) is 0 Å². The Morgan fingerprint density at radius 3 is 2.77 bits per heavy atom. The molecular weight excluding hydrogens is 168 g/mol. The summed E-state index contributed by atoms with van der Waals surface area (Å²) < 4.78 is 10.2. The standard InChI is InChI=1S/C10H18O3/c1-3-4-9-6-5-8(7-13-9)10(11)12-2/h8-9H,3-7H2,1-2H3. The molecular formula is C10H18O3. The normalized spacial score (nSPS) is 28.5. The van der Waals surface area contributed by atoms with Gasteiger partial charge in [-0.25, -0.2) is 0 Å². The lowest BCUT2D eigenvalue weighted by molar-refractivity contribution is -0.152. The van der Waals surface area contributed by atoms with E-state index in [1.165, 1.54) is 7.11 Å². The first-order valence-electron chi connectivity index (χ1n) is 4.97. The molecule has 1 aliphatic heterocycles. The van der Waals surface area contributed by atoms with Crippen LogP contribution < -0.4 is 0 Å². The molecule has 0 bridgehead atoms. The number of hydrogen-bond donors (Lipinski definition) is 0. The fraction of sp³-hybridized carbons (Fsp3) is 0.900. The second kappa shape index (κ2) is 5.22. The second-order valence-corrected chi connectivity index (χ2v) is 3.54. The molecule has 0 aromatic heterocycles. The Morgan fingerprint density at radius 2 is 2.31 bits per heavy atom. The highest BCUT2D eigenvalue weighted by Gasteiger charge is 2.26. The summed E-state index contributed by atoms with van der Waals surface area (Å²) in [5, 5.41) is 0. The van der Waals surface area contributed by atoms with E-state index in [2.05, 4.69) is 11.7 Å².